The lowest BCUT2D eigenvalue weighted by atomic mass is 10.6. The molecule has 0 rings (SSSR count). The lowest BCUT2D eigenvalue weighted by Gasteiger charge is -2.05. The molecule has 2 nitrogen and oxygen atoms in total. The van der Waals surface area contributed by atoms with Crippen molar-refractivity contribution in [1.29, 1.82) is 5.26 Å². The Bertz CT molecular complexity index is 72.6. The van der Waals surface area contributed by atoms with Crippen LogP contribution in [0.2, 0.25) is 0 Å². The van der Waals surface area contributed by atoms with Crippen LogP contribution in [0.25, 0.3) is 0 Å². The Labute approximate surface area is 44.4 Å². The van der Waals surface area contributed by atoms with Crippen molar-refractivity contribution in [3.8, 4) is 6.07 Å². The molecule has 1 radical (unpaired) electrons. The van der Waals surface area contributed by atoms with Crippen LogP contribution in [0.3, 0.4) is 0 Å². The zero-order valence-corrected chi connectivity index (χ0v) is 4.52. The minimum Gasteiger partial charge on any atom is -0.294 e. The second kappa shape index (κ2) is 3.63. The normalized spacial score (nSPS) is 8.86. The summed E-state index contributed by atoms with van der Waals surface area (Å²) in [6, 6.07) is 2.00. The summed E-state index contributed by atoms with van der Waals surface area (Å²) in [5, 5.41) is 8.05. The van der Waals surface area contributed by atoms with Gasteiger partial charge in [0.1, 0.15) is 0 Å². The Kier molecular flexibility index (Phi) is 3.35. The van der Waals surface area contributed by atoms with Crippen LogP contribution in [-0.2, 0) is 0 Å². The largest absolute Gasteiger partial charge is 0.294 e. The molecule has 0 spiro atoms. The van der Waals surface area contributed by atoms with Gasteiger partial charge in [-0.15, -0.1) is 0 Å². The van der Waals surface area contributed by atoms with E-state index in [2.05, 4.69) is 6.92 Å². The van der Waals surface area contributed by atoms with Crippen LogP contribution in [0, 0.1) is 18.3 Å². The molecular weight excluding hydrogens is 88.1 g/mol. The van der Waals surface area contributed by atoms with Crippen LogP contribution < -0.4 is 0 Å². The maximum absolute atomic E-state index is 8.05. The second-order valence-corrected chi connectivity index (χ2v) is 1.40. The minimum absolute atomic E-state index is 0.476. The lowest BCUT2D eigenvalue weighted by Crippen LogP contribution is -2.17. The average Bonchev–Trinajstić information content (AvgIpc) is 1.68. The van der Waals surface area contributed by atoms with Crippen molar-refractivity contribution >= 4 is 0 Å². The van der Waals surface area contributed by atoms with Crippen molar-refractivity contribution < 1.29 is 0 Å². The standard InChI is InChI=1S/C5H9N2/c1-3-7(2)5-4-6/h1,3,5H2,2H3. The molecule has 0 heterocycles. The highest BCUT2D eigenvalue weighted by Crippen LogP contribution is 1.73. The summed E-state index contributed by atoms with van der Waals surface area (Å²) in [5.41, 5.74) is 0. The molecule has 0 aromatic carbocycles. The highest BCUT2D eigenvalue weighted by molar-refractivity contribution is 4.73. The Hall–Kier alpha value is -0.550. The molecule has 0 fully saturated rings. The summed E-state index contributed by atoms with van der Waals surface area (Å²) >= 11 is 0. The molecule has 0 unspecified atom stereocenters. The third kappa shape index (κ3) is 3.28. The van der Waals surface area contributed by atoms with Crippen molar-refractivity contribution in [1.82, 2.24) is 4.90 Å². The number of hydrogen-bond acceptors (Lipinski definition) is 2. The zero-order valence-electron chi connectivity index (χ0n) is 4.52. The van der Waals surface area contributed by atoms with Crippen LogP contribution in [0.4, 0.5) is 0 Å². The van der Waals surface area contributed by atoms with Crippen molar-refractivity contribution in [3.05, 3.63) is 6.92 Å². The molecule has 0 aromatic rings. The average molecular weight is 97.1 g/mol. The molecule has 7 heavy (non-hydrogen) atoms. The van der Waals surface area contributed by atoms with E-state index in [0.29, 0.717) is 13.1 Å². The first-order valence-electron chi connectivity index (χ1n) is 2.16. The van der Waals surface area contributed by atoms with Crippen molar-refractivity contribution in [3.63, 3.8) is 0 Å². The van der Waals surface area contributed by atoms with Gasteiger partial charge in [0.05, 0.1) is 12.6 Å². The van der Waals surface area contributed by atoms with E-state index in [0.717, 1.165) is 0 Å². The molecule has 0 atom stereocenters. The molecule has 0 saturated heterocycles. The first-order chi connectivity index (χ1) is 3.31. The molecule has 0 aliphatic carbocycles. The first kappa shape index (κ1) is 6.45. The minimum atomic E-state index is 0.476. The first-order valence-corrected chi connectivity index (χ1v) is 2.16. The third-order valence-electron chi connectivity index (χ3n) is 0.722. The molecule has 0 aliphatic heterocycles. The summed E-state index contributed by atoms with van der Waals surface area (Å²) in [6.45, 7) is 4.76. The molecule has 39 valence electrons. The van der Waals surface area contributed by atoms with Gasteiger partial charge in [-0.1, -0.05) is 0 Å². The maximum atomic E-state index is 8.05. The highest BCUT2D eigenvalue weighted by atomic mass is 15.1. The summed E-state index contributed by atoms with van der Waals surface area (Å²) in [7, 11) is 1.86. The van der Waals surface area contributed by atoms with E-state index in [4.69, 9.17) is 5.26 Å². The van der Waals surface area contributed by atoms with Gasteiger partial charge in [0.25, 0.3) is 0 Å². The molecular formula is C5H9N2. The van der Waals surface area contributed by atoms with Gasteiger partial charge in [-0.25, -0.2) is 0 Å². The number of rotatable bonds is 2. The summed E-state index contributed by atoms with van der Waals surface area (Å²) < 4.78 is 0. The Morgan fingerprint density at radius 3 is 2.57 bits per heavy atom. The highest BCUT2D eigenvalue weighted by Gasteiger charge is 1.86. The third-order valence-corrected chi connectivity index (χ3v) is 0.722. The zero-order chi connectivity index (χ0) is 5.70. The Morgan fingerprint density at radius 2 is 2.43 bits per heavy atom. The summed E-state index contributed by atoms with van der Waals surface area (Å²) in [5.74, 6) is 0. The van der Waals surface area contributed by atoms with Gasteiger partial charge in [0, 0.05) is 0 Å². The molecule has 2 heteroatoms. The van der Waals surface area contributed by atoms with E-state index in [-0.39, 0.29) is 0 Å². The molecule has 0 aliphatic rings. The van der Waals surface area contributed by atoms with E-state index in [1.54, 1.807) is 0 Å². The molecule has 0 bridgehead atoms. The SMILES string of the molecule is [CH2]CN(C)CC#N. The van der Waals surface area contributed by atoms with Gasteiger partial charge in [-0.3, -0.25) is 4.90 Å². The molecule has 0 saturated carbocycles. The van der Waals surface area contributed by atoms with E-state index in [9.17, 15) is 0 Å². The Morgan fingerprint density at radius 1 is 1.86 bits per heavy atom. The van der Waals surface area contributed by atoms with Crippen molar-refractivity contribution in [2.24, 2.45) is 0 Å². The van der Waals surface area contributed by atoms with E-state index in [1.165, 1.54) is 0 Å². The molecule has 0 amide bonds. The fourth-order valence-corrected chi connectivity index (χ4v) is 0.200. The fraction of sp³-hybridized carbons (Fsp3) is 0.600. The Balaban J connectivity index is 3.03. The van der Waals surface area contributed by atoms with Crippen molar-refractivity contribution in [2.75, 3.05) is 20.1 Å². The van der Waals surface area contributed by atoms with Gasteiger partial charge in [-0.2, -0.15) is 5.26 Å². The van der Waals surface area contributed by atoms with Crippen molar-refractivity contribution in [2.45, 2.75) is 0 Å². The predicted octanol–water partition coefficient (Wildman–Crippen LogP) is 0.276. The smallest absolute Gasteiger partial charge is 0.0863 e. The van der Waals surface area contributed by atoms with Crippen LogP contribution >= 0.6 is 0 Å². The lowest BCUT2D eigenvalue weighted by molar-refractivity contribution is 0.415. The summed E-state index contributed by atoms with van der Waals surface area (Å²) in [6.07, 6.45) is 0. The van der Waals surface area contributed by atoms with E-state index >= 15 is 0 Å². The maximum Gasteiger partial charge on any atom is 0.0863 e. The number of nitrogens with zero attached hydrogens (tertiary/aromatic N) is 2. The quantitative estimate of drug-likeness (QED) is 0.463. The van der Waals surface area contributed by atoms with Crippen LogP contribution in [0.15, 0.2) is 0 Å². The van der Waals surface area contributed by atoms with Gasteiger partial charge in [0.2, 0.25) is 0 Å². The van der Waals surface area contributed by atoms with Crippen LogP contribution in [-0.4, -0.2) is 25.0 Å². The van der Waals surface area contributed by atoms with E-state index in [1.807, 2.05) is 18.0 Å². The predicted molar refractivity (Wildman–Crippen MR) is 28.5 cm³/mol. The van der Waals surface area contributed by atoms with Gasteiger partial charge < -0.3 is 0 Å². The monoisotopic (exact) mass is 97.1 g/mol. The van der Waals surface area contributed by atoms with Crippen LogP contribution in [0.5, 0.6) is 0 Å². The second-order valence-electron chi connectivity index (χ2n) is 1.40. The van der Waals surface area contributed by atoms with Gasteiger partial charge >= 0.3 is 0 Å². The van der Waals surface area contributed by atoms with Gasteiger partial charge in [0.15, 0.2) is 0 Å². The van der Waals surface area contributed by atoms with E-state index < -0.39 is 0 Å². The van der Waals surface area contributed by atoms with Gasteiger partial charge in [-0.05, 0) is 20.5 Å². The number of hydrogen-bond donors (Lipinski definition) is 0. The molecule has 0 N–H and O–H groups in total. The fourth-order valence-electron chi connectivity index (χ4n) is 0.200. The topological polar surface area (TPSA) is 27.0 Å². The molecule has 0 aromatic heterocycles. The summed E-state index contributed by atoms with van der Waals surface area (Å²) in [4.78, 5) is 1.83. The number of nitriles is 1. The van der Waals surface area contributed by atoms with Crippen LogP contribution in [0.1, 0.15) is 0 Å².